The fourth-order valence-corrected chi connectivity index (χ4v) is 10.1. The number of nitrogens with zero attached hydrogens (tertiary/aromatic N) is 2. The Labute approximate surface area is 401 Å². The Morgan fingerprint density at radius 3 is 1.54 bits per heavy atom. The fraction of sp³-hybridized carbons (Fsp3) is 0.121. The maximum atomic E-state index is 2.50. The van der Waals surface area contributed by atoms with E-state index in [4.69, 9.17) is 0 Å². The first-order valence-corrected chi connectivity index (χ1v) is 23.9. The molecule has 68 heavy (non-hydrogen) atoms. The van der Waals surface area contributed by atoms with Crippen LogP contribution in [0.5, 0.6) is 0 Å². The largest absolute Gasteiger partial charge is 0.309 e. The highest BCUT2D eigenvalue weighted by Gasteiger charge is 2.25. The Morgan fingerprint density at radius 2 is 0.868 bits per heavy atom. The summed E-state index contributed by atoms with van der Waals surface area (Å²) in [6.07, 6.45) is 0. The van der Waals surface area contributed by atoms with E-state index >= 15 is 0 Å². The molecule has 0 N–H and O–H groups in total. The minimum absolute atomic E-state index is 0.0304. The summed E-state index contributed by atoms with van der Waals surface area (Å²) >= 11 is 0. The van der Waals surface area contributed by atoms with Gasteiger partial charge in [-0.3, -0.25) is 0 Å². The molecule has 0 radical (unpaired) electrons. The lowest BCUT2D eigenvalue weighted by Gasteiger charge is -2.31. The monoisotopic (exact) mass is 876 g/mol. The summed E-state index contributed by atoms with van der Waals surface area (Å²) in [5.41, 5.74) is 19.0. The predicted molar refractivity (Wildman–Crippen MR) is 292 cm³/mol. The molecule has 0 aliphatic heterocycles. The van der Waals surface area contributed by atoms with Gasteiger partial charge in [-0.05, 0) is 121 Å². The van der Waals surface area contributed by atoms with Crippen LogP contribution in [0.1, 0.15) is 52.7 Å². The number of hydrogen-bond donors (Lipinski definition) is 0. The van der Waals surface area contributed by atoms with Gasteiger partial charge in [0.2, 0.25) is 0 Å². The van der Waals surface area contributed by atoms with Crippen LogP contribution in [0.4, 0.5) is 17.1 Å². The Bertz CT molecular complexity index is 3580. The summed E-state index contributed by atoms with van der Waals surface area (Å²) in [6.45, 7) is 13.9. The van der Waals surface area contributed by atoms with Crippen molar-refractivity contribution in [1.29, 1.82) is 0 Å². The predicted octanol–water partition coefficient (Wildman–Crippen LogP) is 18.7. The van der Waals surface area contributed by atoms with Gasteiger partial charge >= 0.3 is 0 Å². The lowest BCUT2D eigenvalue weighted by Crippen LogP contribution is -2.17. The molecule has 1 heterocycles. The number of fused-ring (bicyclic) bond motifs is 4. The van der Waals surface area contributed by atoms with Crippen molar-refractivity contribution in [2.24, 2.45) is 0 Å². The maximum absolute atomic E-state index is 2.50. The normalized spacial score (nSPS) is 12.0. The van der Waals surface area contributed by atoms with Crippen LogP contribution in [0.2, 0.25) is 0 Å². The second-order valence-corrected chi connectivity index (χ2v) is 20.2. The molecule has 10 aromatic carbocycles. The molecule has 0 atom stereocenters. The highest BCUT2D eigenvalue weighted by atomic mass is 15.1. The van der Waals surface area contributed by atoms with Gasteiger partial charge in [-0.2, -0.15) is 0 Å². The molecule has 0 spiro atoms. The molecule has 1 aromatic heterocycles. The molecule has 330 valence electrons. The maximum Gasteiger partial charge on any atom is 0.0541 e. The van der Waals surface area contributed by atoms with E-state index in [1.807, 2.05) is 0 Å². The van der Waals surface area contributed by atoms with Crippen LogP contribution in [-0.4, -0.2) is 4.57 Å². The third-order valence-corrected chi connectivity index (χ3v) is 13.7. The summed E-state index contributed by atoms with van der Waals surface area (Å²) in [5, 5.41) is 4.95. The van der Waals surface area contributed by atoms with Crippen LogP contribution in [0.3, 0.4) is 0 Å². The molecule has 0 fully saturated rings. The van der Waals surface area contributed by atoms with Gasteiger partial charge < -0.3 is 9.47 Å². The highest BCUT2D eigenvalue weighted by Crippen LogP contribution is 2.48. The fourth-order valence-electron chi connectivity index (χ4n) is 10.1. The smallest absolute Gasteiger partial charge is 0.0541 e. The highest BCUT2D eigenvalue weighted by molar-refractivity contribution is 6.11. The summed E-state index contributed by atoms with van der Waals surface area (Å²) in [5.74, 6) is 0. The van der Waals surface area contributed by atoms with Gasteiger partial charge in [-0.25, -0.2) is 0 Å². The van der Waals surface area contributed by atoms with Crippen LogP contribution < -0.4 is 4.90 Å². The third kappa shape index (κ3) is 7.76. The molecule has 0 aliphatic rings. The molecular weight excluding hydrogens is 821 g/mol. The summed E-state index contributed by atoms with van der Waals surface area (Å²) in [6, 6.07) is 85.0. The molecule has 2 nitrogen and oxygen atoms in total. The van der Waals surface area contributed by atoms with Crippen molar-refractivity contribution < 1.29 is 0 Å². The van der Waals surface area contributed by atoms with Gasteiger partial charge in [0.05, 0.1) is 22.4 Å². The van der Waals surface area contributed by atoms with Crippen molar-refractivity contribution in [2.45, 2.75) is 52.4 Å². The van der Waals surface area contributed by atoms with Gasteiger partial charge in [-0.1, -0.05) is 217 Å². The Balaban J connectivity index is 1.12. The van der Waals surface area contributed by atoms with E-state index in [0.29, 0.717) is 0 Å². The molecule has 11 rings (SSSR count). The van der Waals surface area contributed by atoms with Gasteiger partial charge in [0.15, 0.2) is 0 Å². The van der Waals surface area contributed by atoms with E-state index in [2.05, 4.69) is 282 Å². The van der Waals surface area contributed by atoms with Crippen molar-refractivity contribution >= 4 is 49.6 Å². The van der Waals surface area contributed by atoms with E-state index in [-0.39, 0.29) is 10.8 Å². The van der Waals surface area contributed by atoms with E-state index in [9.17, 15) is 0 Å². The molecule has 0 aliphatic carbocycles. The quantitative estimate of drug-likeness (QED) is 0.148. The molecule has 0 saturated carbocycles. The standard InChI is InChI=1S/C66H56N2/c1-65(2,3)50-41-49(42-51(44-50)66(4,5)6)54-27-13-16-32-60(54)68(61-33-17-14-28-56(61)58-31-20-24-47-23-19-30-55(64(47)58)46-21-9-7-10-22-46)53-38-35-45(36-39-53)48-37-40-63-59(43-48)57-29-15-18-34-62(57)67(63)52-25-11-8-12-26-52/h7-44H,1-6H3. The van der Waals surface area contributed by atoms with Crippen LogP contribution in [0, 0.1) is 0 Å². The number of hydrogen-bond acceptors (Lipinski definition) is 1. The second-order valence-electron chi connectivity index (χ2n) is 20.2. The molecule has 2 heteroatoms. The molecule has 0 unspecified atom stereocenters. The summed E-state index contributed by atoms with van der Waals surface area (Å²) in [7, 11) is 0. The Hall–Kier alpha value is -7.94. The summed E-state index contributed by atoms with van der Waals surface area (Å²) in [4.78, 5) is 2.50. The van der Waals surface area contributed by atoms with Crippen LogP contribution >= 0.6 is 0 Å². The topological polar surface area (TPSA) is 8.17 Å². The number of benzene rings is 10. The van der Waals surface area contributed by atoms with Gasteiger partial charge in [-0.15, -0.1) is 0 Å². The molecule has 0 saturated heterocycles. The lowest BCUT2D eigenvalue weighted by molar-refractivity contribution is 0.569. The molecule has 11 aromatic rings. The third-order valence-electron chi connectivity index (χ3n) is 13.7. The Morgan fingerprint density at radius 1 is 0.338 bits per heavy atom. The zero-order valence-corrected chi connectivity index (χ0v) is 39.8. The first kappa shape index (κ1) is 42.7. The molecule has 0 bridgehead atoms. The van der Waals surface area contributed by atoms with Gasteiger partial charge in [0.1, 0.15) is 0 Å². The van der Waals surface area contributed by atoms with Crippen molar-refractivity contribution in [3.63, 3.8) is 0 Å². The second kappa shape index (κ2) is 17.0. The average Bonchev–Trinajstić information content (AvgIpc) is 3.70. The van der Waals surface area contributed by atoms with E-state index in [1.54, 1.807) is 0 Å². The van der Waals surface area contributed by atoms with Crippen LogP contribution in [-0.2, 0) is 10.8 Å². The van der Waals surface area contributed by atoms with Crippen LogP contribution in [0.25, 0.3) is 82.8 Å². The molecule has 0 amide bonds. The SMILES string of the molecule is CC(C)(C)c1cc(-c2ccccc2N(c2ccc(-c3ccc4c(c3)c3ccccc3n4-c3ccccc3)cc2)c2ccccc2-c2cccc3cccc(-c4ccccc4)c23)cc(C(C)(C)C)c1. The first-order valence-electron chi connectivity index (χ1n) is 23.9. The first-order chi connectivity index (χ1) is 33.0. The van der Waals surface area contributed by atoms with E-state index < -0.39 is 0 Å². The minimum Gasteiger partial charge on any atom is -0.309 e. The number of aromatic nitrogens is 1. The molecular formula is C66H56N2. The van der Waals surface area contributed by atoms with E-state index in [0.717, 1.165) is 22.7 Å². The van der Waals surface area contributed by atoms with Crippen molar-refractivity contribution in [3.8, 4) is 50.2 Å². The van der Waals surface area contributed by atoms with Crippen LogP contribution in [0.15, 0.2) is 231 Å². The van der Waals surface area contributed by atoms with Crippen molar-refractivity contribution in [1.82, 2.24) is 4.57 Å². The summed E-state index contributed by atoms with van der Waals surface area (Å²) < 4.78 is 2.38. The number of rotatable bonds is 8. The van der Waals surface area contributed by atoms with E-state index in [1.165, 1.54) is 88.2 Å². The van der Waals surface area contributed by atoms with Gasteiger partial charge in [0, 0.05) is 33.3 Å². The number of para-hydroxylation sites is 4. The van der Waals surface area contributed by atoms with Crippen molar-refractivity contribution in [2.75, 3.05) is 4.90 Å². The lowest BCUT2D eigenvalue weighted by atomic mass is 9.78. The zero-order valence-electron chi connectivity index (χ0n) is 39.8. The van der Waals surface area contributed by atoms with Crippen molar-refractivity contribution in [3.05, 3.63) is 242 Å². The van der Waals surface area contributed by atoms with Gasteiger partial charge in [0.25, 0.3) is 0 Å². The zero-order chi connectivity index (χ0) is 46.6. The minimum atomic E-state index is -0.0304. The Kier molecular flexibility index (Phi) is 10.7. The average molecular weight is 877 g/mol. The number of anilines is 3.